The van der Waals surface area contributed by atoms with E-state index in [1.54, 1.807) is 6.07 Å². The molecule has 0 aliphatic heterocycles. The Bertz CT molecular complexity index is 456. The summed E-state index contributed by atoms with van der Waals surface area (Å²) in [5.41, 5.74) is -0.610. The standard InChI is InChI=1S/C10H9F3N2O/c11-10(12,13)4-2-6-15-5-1-3-8(7-14)9(15)16/h1,3,5H,2,4,6H2. The molecule has 3 nitrogen and oxygen atoms in total. The van der Waals surface area contributed by atoms with Gasteiger partial charge in [0.15, 0.2) is 0 Å². The van der Waals surface area contributed by atoms with Gasteiger partial charge in [0.2, 0.25) is 0 Å². The van der Waals surface area contributed by atoms with Crippen molar-refractivity contribution >= 4 is 0 Å². The van der Waals surface area contributed by atoms with Crippen LogP contribution < -0.4 is 5.56 Å². The average Bonchev–Trinajstić information content (AvgIpc) is 2.19. The third-order valence-electron chi connectivity index (χ3n) is 2.00. The summed E-state index contributed by atoms with van der Waals surface area (Å²) < 4.78 is 36.7. The van der Waals surface area contributed by atoms with Crippen molar-refractivity contribution in [3.05, 3.63) is 34.2 Å². The van der Waals surface area contributed by atoms with Crippen molar-refractivity contribution in [3.8, 4) is 6.07 Å². The van der Waals surface area contributed by atoms with Crippen LogP contribution in [-0.4, -0.2) is 10.7 Å². The van der Waals surface area contributed by atoms with Crippen LogP contribution in [0.15, 0.2) is 23.1 Å². The summed E-state index contributed by atoms with van der Waals surface area (Å²) in [6.45, 7) is -0.0339. The third-order valence-corrected chi connectivity index (χ3v) is 2.00. The molecular formula is C10H9F3N2O. The minimum absolute atomic E-state index is 0.0339. The second-order valence-corrected chi connectivity index (χ2v) is 3.25. The number of pyridine rings is 1. The molecule has 0 amide bonds. The van der Waals surface area contributed by atoms with Gasteiger partial charge in [0.1, 0.15) is 11.6 Å². The van der Waals surface area contributed by atoms with Crippen molar-refractivity contribution in [2.75, 3.05) is 0 Å². The van der Waals surface area contributed by atoms with E-state index in [1.807, 2.05) is 0 Å². The van der Waals surface area contributed by atoms with Gasteiger partial charge in [0.25, 0.3) is 5.56 Å². The van der Waals surface area contributed by atoms with Crippen LogP contribution in [0.3, 0.4) is 0 Å². The lowest BCUT2D eigenvalue weighted by atomic mass is 10.2. The van der Waals surface area contributed by atoms with E-state index < -0.39 is 18.2 Å². The van der Waals surface area contributed by atoms with Crippen LogP contribution in [-0.2, 0) is 6.54 Å². The monoisotopic (exact) mass is 230 g/mol. The molecule has 0 atom stereocenters. The van der Waals surface area contributed by atoms with Crippen LogP contribution in [0.4, 0.5) is 13.2 Å². The lowest BCUT2D eigenvalue weighted by molar-refractivity contribution is -0.135. The molecule has 0 saturated carbocycles. The van der Waals surface area contributed by atoms with Gasteiger partial charge >= 0.3 is 6.18 Å². The quantitative estimate of drug-likeness (QED) is 0.797. The number of rotatable bonds is 3. The van der Waals surface area contributed by atoms with Gasteiger partial charge in [0.05, 0.1) is 0 Å². The van der Waals surface area contributed by atoms with Gasteiger partial charge in [-0.05, 0) is 18.6 Å². The number of hydrogen-bond acceptors (Lipinski definition) is 2. The summed E-state index contributed by atoms with van der Waals surface area (Å²) in [5.74, 6) is 0. The Morgan fingerprint density at radius 3 is 2.69 bits per heavy atom. The molecule has 1 heterocycles. The molecule has 1 aromatic heterocycles. The van der Waals surface area contributed by atoms with Crippen molar-refractivity contribution in [1.82, 2.24) is 4.57 Å². The van der Waals surface area contributed by atoms with E-state index in [9.17, 15) is 18.0 Å². The van der Waals surface area contributed by atoms with Gasteiger partial charge in [-0.2, -0.15) is 18.4 Å². The van der Waals surface area contributed by atoms with Crippen molar-refractivity contribution < 1.29 is 13.2 Å². The molecule has 0 aliphatic carbocycles. The number of alkyl halides is 3. The van der Waals surface area contributed by atoms with Gasteiger partial charge < -0.3 is 4.57 Å². The van der Waals surface area contributed by atoms with Crippen molar-refractivity contribution in [2.24, 2.45) is 0 Å². The zero-order valence-corrected chi connectivity index (χ0v) is 8.29. The van der Waals surface area contributed by atoms with Gasteiger partial charge in [-0.15, -0.1) is 0 Å². The Hall–Kier alpha value is -1.77. The highest BCUT2D eigenvalue weighted by molar-refractivity contribution is 5.24. The predicted octanol–water partition coefficient (Wildman–Crippen LogP) is 2.06. The minimum atomic E-state index is -4.21. The largest absolute Gasteiger partial charge is 0.389 e. The van der Waals surface area contributed by atoms with E-state index in [0.717, 1.165) is 4.57 Å². The molecule has 0 saturated heterocycles. The summed E-state index contributed by atoms with van der Waals surface area (Å²) >= 11 is 0. The first-order valence-electron chi connectivity index (χ1n) is 4.60. The Kier molecular flexibility index (Phi) is 3.72. The first-order valence-corrected chi connectivity index (χ1v) is 4.60. The SMILES string of the molecule is N#Cc1cccn(CCCC(F)(F)F)c1=O. The highest BCUT2D eigenvalue weighted by Gasteiger charge is 2.26. The van der Waals surface area contributed by atoms with E-state index in [1.165, 1.54) is 18.3 Å². The van der Waals surface area contributed by atoms with Crippen LogP contribution >= 0.6 is 0 Å². The number of hydrogen-bond donors (Lipinski definition) is 0. The van der Waals surface area contributed by atoms with E-state index in [4.69, 9.17) is 5.26 Å². The summed E-state index contributed by atoms with van der Waals surface area (Å²) in [5, 5.41) is 8.55. The first kappa shape index (κ1) is 12.3. The third kappa shape index (κ3) is 3.42. The lowest BCUT2D eigenvalue weighted by Crippen LogP contribution is -2.22. The van der Waals surface area contributed by atoms with Crippen LogP contribution in [0.2, 0.25) is 0 Å². The first-order chi connectivity index (χ1) is 7.44. The molecule has 0 fully saturated rings. The smallest absolute Gasteiger partial charge is 0.314 e. The molecule has 1 rings (SSSR count). The maximum atomic E-state index is 11.9. The van der Waals surface area contributed by atoms with Gasteiger partial charge in [-0.3, -0.25) is 4.79 Å². The van der Waals surface area contributed by atoms with E-state index in [2.05, 4.69) is 0 Å². The molecule has 1 aromatic rings. The number of nitrogens with zero attached hydrogens (tertiary/aromatic N) is 2. The fraction of sp³-hybridized carbons (Fsp3) is 0.400. The molecule has 0 bridgehead atoms. The molecule has 16 heavy (non-hydrogen) atoms. The molecule has 6 heteroatoms. The Morgan fingerprint density at radius 2 is 2.12 bits per heavy atom. The van der Waals surface area contributed by atoms with Crippen molar-refractivity contribution in [1.29, 1.82) is 5.26 Å². The van der Waals surface area contributed by atoms with Crippen molar-refractivity contribution in [3.63, 3.8) is 0 Å². The molecule has 0 aromatic carbocycles. The Morgan fingerprint density at radius 1 is 1.44 bits per heavy atom. The zero-order valence-electron chi connectivity index (χ0n) is 8.29. The van der Waals surface area contributed by atoms with Gasteiger partial charge in [-0.25, -0.2) is 0 Å². The molecule has 86 valence electrons. The topological polar surface area (TPSA) is 45.8 Å². The summed E-state index contributed by atoms with van der Waals surface area (Å²) in [6, 6.07) is 4.49. The normalized spacial score (nSPS) is 11.1. The average molecular weight is 230 g/mol. The molecule has 0 aliphatic rings. The Labute approximate surface area is 89.7 Å². The van der Waals surface area contributed by atoms with Crippen LogP contribution in [0, 0.1) is 11.3 Å². The summed E-state index contributed by atoms with van der Waals surface area (Å²) in [6.07, 6.45) is -3.94. The number of halogens is 3. The highest BCUT2D eigenvalue weighted by atomic mass is 19.4. The second kappa shape index (κ2) is 4.84. The van der Waals surface area contributed by atoms with E-state index >= 15 is 0 Å². The van der Waals surface area contributed by atoms with E-state index in [-0.39, 0.29) is 18.5 Å². The van der Waals surface area contributed by atoms with Crippen LogP contribution in [0.1, 0.15) is 18.4 Å². The number of nitriles is 1. The summed E-state index contributed by atoms with van der Waals surface area (Å²) in [4.78, 5) is 11.4. The predicted molar refractivity (Wildman–Crippen MR) is 50.7 cm³/mol. The fourth-order valence-electron chi connectivity index (χ4n) is 1.25. The van der Waals surface area contributed by atoms with Gasteiger partial charge in [-0.1, -0.05) is 0 Å². The molecular weight excluding hydrogens is 221 g/mol. The highest BCUT2D eigenvalue weighted by Crippen LogP contribution is 2.21. The van der Waals surface area contributed by atoms with E-state index in [0.29, 0.717) is 0 Å². The zero-order chi connectivity index (χ0) is 12.2. The second-order valence-electron chi connectivity index (χ2n) is 3.25. The molecule has 0 unspecified atom stereocenters. The molecule has 0 N–H and O–H groups in total. The van der Waals surface area contributed by atoms with Gasteiger partial charge in [0, 0.05) is 19.2 Å². The number of aromatic nitrogens is 1. The molecule has 0 spiro atoms. The minimum Gasteiger partial charge on any atom is -0.314 e. The maximum Gasteiger partial charge on any atom is 0.389 e. The lowest BCUT2D eigenvalue weighted by Gasteiger charge is -2.07. The maximum absolute atomic E-state index is 11.9. The summed E-state index contributed by atoms with van der Waals surface area (Å²) in [7, 11) is 0. The van der Waals surface area contributed by atoms with Crippen molar-refractivity contribution in [2.45, 2.75) is 25.6 Å². The Balaban J connectivity index is 2.69. The number of aryl methyl sites for hydroxylation is 1. The van der Waals surface area contributed by atoms with Crippen LogP contribution in [0.25, 0.3) is 0 Å². The van der Waals surface area contributed by atoms with Crippen LogP contribution in [0.5, 0.6) is 0 Å². The fourth-order valence-corrected chi connectivity index (χ4v) is 1.25. The molecule has 0 radical (unpaired) electrons.